The molecule has 0 unspecified atom stereocenters. The molecule has 1 fully saturated rings. The van der Waals surface area contributed by atoms with Crippen LogP contribution in [-0.4, -0.2) is 16.5 Å². The second-order valence-corrected chi connectivity index (χ2v) is 7.00. The van der Waals surface area contributed by atoms with Crippen LogP contribution in [0.4, 0.5) is 0 Å². The third-order valence-corrected chi connectivity index (χ3v) is 5.94. The molecule has 0 saturated heterocycles. The summed E-state index contributed by atoms with van der Waals surface area (Å²) in [5.74, 6) is 2.20. The summed E-state index contributed by atoms with van der Waals surface area (Å²) in [6, 6.07) is 5.89. The molecule has 0 bridgehead atoms. The van der Waals surface area contributed by atoms with E-state index in [-0.39, 0.29) is 5.41 Å². The van der Waals surface area contributed by atoms with Gasteiger partial charge in [-0.2, -0.15) is 0 Å². The van der Waals surface area contributed by atoms with Gasteiger partial charge < -0.3 is 10.3 Å². The topological polar surface area (TPSA) is 52.8 Å². The van der Waals surface area contributed by atoms with Crippen LogP contribution in [0.5, 0.6) is 5.75 Å². The first-order chi connectivity index (χ1) is 10.1. The van der Waals surface area contributed by atoms with Crippen molar-refractivity contribution in [1.29, 1.82) is 0 Å². The molecule has 21 heavy (non-hydrogen) atoms. The number of fused-ring (bicyclic) bond motifs is 3. The Hall–Kier alpha value is -1.51. The molecule has 3 heteroatoms. The van der Waals surface area contributed by atoms with E-state index >= 15 is 0 Å². The monoisotopic (exact) mass is 287 g/mol. The van der Waals surface area contributed by atoms with Gasteiger partial charge >= 0.3 is 0 Å². The minimum absolute atomic E-state index is 0.0130. The van der Waals surface area contributed by atoms with E-state index in [9.17, 15) is 5.11 Å². The molecule has 0 heterocycles. The third kappa shape index (κ3) is 2.33. The number of rotatable bonds is 2. The lowest BCUT2D eigenvalue weighted by molar-refractivity contribution is 0.0808. The summed E-state index contributed by atoms with van der Waals surface area (Å²) in [4.78, 5) is 0. The Morgan fingerprint density at radius 2 is 2.19 bits per heavy atom. The zero-order valence-corrected chi connectivity index (χ0v) is 12.9. The van der Waals surface area contributed by atoms with E-state index in [0.29, 0.717) is 23.5 Å². The molecular formula is C18H25NO2. The van der Waals surface area contributed by atoms with Gasteiger partial charge in [0.15, 0.2) is 0 Å². The molecule has 0 radical (unpaired) electrons. The average Bonchev–Trinajstić information content (AvgIpc) is 2.46. The van der Waals surface area contributed by atoms with E-state index in [2.05, 4.69) is 25.1 Å². The summed E-state index contributed by atoms with van der Waals surface area (Å²) >= 11 is 0. The highest BCUT2D eigenvalue weighted by Crippen LogP contribution is 2.55. The van der Waals surface area contributed by atoms with Crippen LogP contribution in [0, 0.1) is 17.3 Å². The molecule has 0 aliphatic heterocycles. The fourth-order valence-corrected chi connectivity index (χ4v) is 4.98. The molecule has 2 aliphatic carbocycles. The largest absolute Gasteiger partial charge is 0.508 e. The number of hydrogen-bond acceptors (Lipinski definition) is 3. The highest BCUT2D eigenvalue weighted by Gasteiger charge is 2.46. The van der Waals surface area contributed by atoms with Crippen molar-refractivity contribution in [3.8, 4) is 5.75 Å². The van der Waals surface area contributed by atoms with E-state index < -0.39 is 0 Å². The van der Waals surface area contributed by atoms with Gasteiger partial charge in [-0.05, 0) is 66.7 Å². The van der Waals surface area contributed by atoms with Crippen molar-refractivity contribution < 1.29 is 10.3 Å². The van der Waals surface area contributed by atoms with E-state index in [1.165, 1.54) is 17.5 Å². The van der Waals surface area contributed by atoms with Crippen LogP contribution in [0.25, 0.3) is 0 Å². The van der Waals surface area contributed by atoms with Gasteiger partial charge in [-0.1, -0.05) is 26.3 Å². The van der Waals surface area contributed by atoms with Gasteiger partial charge in [0.25, 0.3) is 0 Å². The summed E-state index contributed by atoms with van der Waals surface area (Å²) in [5.41, 5.74) is 2.77. The average molecular weight is 287 g/mol. The number of aromatic hydroxyl groups is 1. The molecule has 4 atom stereocenters. The maximum Gasteiger partial charge on any atom is 0.115 e. The lowest BCUT2D eigenvalue weighted by atomic mass is 9.54. The molecule has 2 aliphatic rings. The number of phenols is 1. The van der Waals surface area contributed by atoms with Gasteiger partial charge in [0, 0.05) is 11.6 Å². The molecule has 0 amide bonds. The van der Waals surface area contributed by atoms with Crippen LogP contribution in [0.15, 0.2) is 23.4 Å². The first kappa shape index (κ1) is 14.4. The van der Waals surface area contributed by atoms with Gasteiger partial charge in [0.1, 0.15) is 5.75 Å². The van der Waals surface area contributed by atoms with Crippen LogP contribution >= 0.6 is 0 Å². The molecular weight excluding hydrogens is 262 g/mol. The first-order valence-electron chi connectivity index (χ1n) is 8.09. The summed E-state index contributed by atoms with van der Waals surface area (Å²) in [7, 11) is 0. The Morgan fingerprint density at radius 3 is 2.90 bits per heavy atom. The minimum atomic E-state index is 0.0130. The van der Waals surface area contributed by atoms with Gasteiger partial charge in [-0.15, -0.1) is 5.16 Å². The summed E-state index contributed by atoms with van der Waals surface area (Å²) in [6.45, 7) is 4.49. The van der Waals surface area contributed by atoms with Crippen molar-refractivity contribution in [2.45, 2.75) is 51.9 Å². The van der Waals surface area contributed by atoms with Crippen molar-refractivity contribution in [2.24, 2.45) is 22.4 Å². The predicted octanol–water partition coefficient (Wildman–Crippen LogP) is 4.32. The molecule has 0 spiro atoms. The standard InChI is InChI=1S/C18H25NO2/c1-3-17-16-6-4-12-10-13(20)5-7-14(12)15(16)8-9-18(17,2)11-19-21/h5,7,10-11,15-17,20-21H,3-4,6,8-9H2,1-2H3/b19-11+/t15-,16-,17+,18-/m1/s1. The van der Waals surface area contributed by atoms with Gasteiger partial charge in [0.05, 0.1) is 0 Å². The van der Waals surface area contributed by atoms with Crippen molar-refractivity contribution in [3.05, 3.63) is 29.3 Å². The molecule has 0 aromatic heterocycles. The van der Waals surface area contributed by atoms with Gasteiger partial charge in [-0.3, -0.25) is 0 Å². The Kier molecular flexibility index (Phi) is 3.68. The fraction of sp³-hybridized carbons (Fsp3) is 0.611. The second-order valence-electron chi connectivity index (χ2n) is 7.00. The van der Waals surface area contributed by atoms with Crippen molar-refractivity contribution in [1.82, 2.24) is 0 Å². The van der Waals surface area contributed by atoms with E-state index in [1.54, 1.807) is 6.21 Å². The van der Waals surface area contributed by atoms with Crippen LogP contribution in [0.3, 0.4) is 0 Å². The number of oxime groups is 1. The highest BCUT2D eigenvalue weighted by molar-refractivity contribution is 5.65. The van der Waals surface area contributed by atoms with Gasteiger partial charge in [0.2, 0.25) is 0 Å². The first-order valence-corrected chi connectivity index (χ1v) is 8.09. The van der Waals surface area contributed by atoms with Crippen LogP contribution in [0.1, 0.15) is 56.6 Å². The summed E-state index contributed by atoms with van der Waals surface area (Å²) in [6.07, 6.45) is 7.32. The highest BCUT2D eigenvalue weighted by atomic mass is 16.4. The molecule has 2 N–H and O–H groups in total. The van der Waals surface area contributed by atoms with E-state index in [1.807, 2.05) is 12.1 Å². The number of nitrogens with zero attached hydrogens (tertiary/aromatic N) is 1. The minimum Gasteiger partial charge on any atom is -0.508 e. The quantitative estimate of drug-likeness (QED) is 0.483. The van der Waals surface area contributed by atoms with Crippen LogP contribution in [-0.2, 0) is 6.42 Å². The zero-order valence-electron chi connectivity index (χ0n) is 12.9. The van der Waals surface area contributed by atoms with Crippen molar-refractivity contribution >= 4 is 6.21 Å². The number of aryl methyl sites for hydroxylation is 1. The molecule has 1 aromatic carbocycles. The number of hydrogen-bond donors (Lipinski definition) is 2. The SMILES string of the molecule is CC[C@H]1[C@@H]2CCc3cc(O)ccc3[C@H]2CC[C@]1(C)/C=N/O. The third-order valence-electron chi connectivity index (χ3n) is 5.94. The Bertz CT molecular complexity index is 554. The fourth-order valence-electron chi connectivity index (χ4n) is 4.98. The predicted molar refractivity (Wildman–Crippen MR) is 84.1 cm³/mol. The smallest absolute Gasteiger partial charge is 0.115 e. The Balaban J connectivity index is 1.96. The lowest BCUT2D eigenvalue weighted by Gasteiger charge is -2.50. The maximum absolute atomic E-state index is 9.69. The molecule has 1 aromatic rings. The summed E-state index contributed by atoms with van der Waals surface area (Å²) < 4.78 is 0. The van der Waals surface area contributed by atoms with E-state index in [0.717, 1.165) is 25.7 Å². The Labute approximate surface area is 126 Å². The van der Waals surface area contributed by atoms with Crippen LogP contribution in [0.2, 0.25) is 0 Å². The normalized spacial score (nSPS) is 35.4. The number of phenolic OH excluding ortho intramolecular Hbond substituents is 1. The molecule has 114 valence electrons. The number of benzene rings is 1. The zero-order chi connectivity index (χ0) is 15.0. The van der Waals surface area contributed by atoms with Gasteiger partial charge in [-0.25, -0.2) is 0 Å². The Morgan fingerprint density at radius 1 is 1.38 bits per heavy atom. The van der Waals surface area contributed by atoms with Crippen LogP contribution < -0.4 is 0 Å². The molecule has 3 rings (SSSR count). The second kappa shape index (κ2) is 5.36. The maximum atomic E-state index is 9.69. The van der Waals surface area contributed by atoms with Crippen molar-refractivity contribution in [2.75, 3.05) is 0 Å². The van der Waals surface area contributed by atoms with E-state index in [4.69, 9.17) is 5.21 Å². The molecule has 1 saturated carbocycles. The lowest BCUT2D eigenvalue weighted by Crippen LogP contribution is -2.43. The molecule has 3 nitrogen and oxygen atoms in total. The van der Waals surface area contributed by atoms with Crippen molar-refractivity contribution in [3.63, 3.8) is 0 Å². The summed E-state index contributed by atoms with van der Waals surface area (Å²) in [5, 5.41) is 22.1.